The first-order valence-corrected chi connectivity index (χ1v) is 6.19. The largest absolute Gasteiger partial charge is 0.416 e. The number of halogens is 6. The Labute approximate surface area is 122 Å². The Morgan fingerprint density at radius 3 is 1.00 bits per heavy atom. The van der Waals surface area contributed by atoms with E-state index >= 15 is 0 Å². The first kappa shape index (κ1) is 16.1. The Morgan fingerprint density at radius 1 is 0.500 bits per heavy atom. The summed E-state index contributed by atoms with van der Waals surface area (Å²) >= 11 is 0. The summed E-state index contributed by atoms with van der Waals surface area (Å²) in [7, 11) is 0. The van der Waals surface area contributed by atoms with Crippen LogP contribution in [0.4, 0.5) is 26.3 Å². The number of hydrogen-bond donors (Lipinski definition) is 0. The summed E-state index contributed by atoms with van der Waals surface area (Å²) in [5.74, 6) is 0. The Kier molecular flexibility index (Phi) is 4.30. The Morgan fingerprint density at radius 2 is 0.773 bits per heavy atom. The summed E-state index contributed by atoms with van der Waals surface area (Å²) < 4.78 is 74.4. The van der Waals surface area contributed by atoms with Gasteiger partial charge in [-0.05, 0) is 35.4 Å². The molecule has 0 saturated carbocycles. The number of hydrogen-bond acceptors (Lipinski definition) is 0. The first-order chi connectivity index (χ1) is 10.2. The van der Waals surface area contributed by atoms with Crippen molar-refractivity contribution in [2.24, 2.45) is 0 Å². The zero-order chi connectivity index (χ0) is 16.4. The normalized spacial score (nSPS) is 12.8. The summed E-state index contributed by atoms with van der Waals surface area (Å²) in [4.78, 5) is 0. The van der Waals surface area contributed by atoms with Crippen molar-refractivity contribution < 1.29 is 26.3 Å². The number of rotatable bonds is 2. The minimum absolute atomic E-state index is 0.521. The minimum Gasteiger partial charge on any atom is -0.166 e. The summed E-state index contributed by atoms with van der Waals surface area (Å²) in [6.45, 7) is 0. The van der Waals surface area contributed by atoms with E-state index in [1.165, 1.54) is 36.4 Å². The average molecular weight is 316 g/mol. The lowest BCUT2D eigenvalue weighted by atomic mass is 10.1. The van der Waals surface area contributed by atoms with Gasteiger partial charge in [0, 0.05) is 0 Å². The van der Waals surface area contributed by atoms with Crippen molar-refractivity contribution in [2.75, 3.05) is 0 Å². The second kappa shape index (κ2) is 5.87. The van der Waals surface area contributed by atoms with Gasteiger partial charge < -0.3 is 0 Å². The molecule has 0 bridgehead atoms. The summed E-state index contributed by atoms with van der Waals surface area (Å²) in [6.07, 6.45) is -5.73. The van der Waals surface area contributed by atoms with Crippen LogP contribution < -0.4 is 0 Å². The van der Waals surface area contributed by atoms with Gasteiger partial charge in [0.1, 0.15) is 0 Å². The molecule has 0 aromatic heterocycles. The van der Waals surface area contributed by atoms with Crippen LogP contribution in [0.15, 0.2) is 48.5 Å². The third kappa shape index (κ3) is 4.13. The van der Waals surface area contributed by atoms with Crippen LogP contribution in [0.1, 0.15) is 22.3 Å². The molecule has 22 heavy (non-hydrogen) atoms. The van der Waals surface area contributed by atoms with Crippen LogP contribution in [0, 0.1) is 0 Å². The Hall–Kier alpha value is -2.24. The highest BCUT2D eigenvalue weighted by molar-refractivity contribution is 5.69. The maximum atomic E-state index is 12.4. The van der Waals surface area contributed by atoms with Crippen LogP contribution >= 0.6 is 0 Å². The summed E-state index contributed by atoms with van der Waals surface area (Å²) in [5.41, 5.74) is -0.459. The first-order valence-electron chi connectivity index (χ1n) is 6.19. The lowest BCUT2D eigenvalue weighted by Gasteiger charge is -2.06. The van der Waals surface area contributed by atoms with E-state index in [0.29, 0.717) is 11.1 Å². The monoisotopic (exact) mass is 316 g/mol. The van der Waals surface area contributed by atoms with Crippen molar-refractivity contribution in [3.05, 3.63) is 70.8 Å². The molecule has 0 saturated heterocycles. The van der Waals surface area contributed by atoms with Crippen LogP contribution in [-0.4, -0.2) is 0 Å². The minimum atomic E-state index is -4.39. The van der Waals surface area contributed by atoms with Gasteiger partial charge in [-0.3, -0.25) is 0 Å². The van der Waals surface area contributed by atoms with Crippen molar-refractivity contribution in [1.29, 1.82) is 0 Å². The standard InChI is InChI=1S/C16H10F6/c17-15(18,19)13-7-3-11(4-8-13)1-2-12-5-9-14(10-6-12)16(20,21)22/h1-10H/b2-1+. The van der Waals surface area contributed by atoms with Crippen LogP contribution in [0.2, 0.25) is 0 Å². The SMILES string of the molecule is FC(F)(F)c1ccc(/C=C/c2ccc(C(F)(F)F)cc2)cc1. The average Bonchev–Trinajstić information content (AvgIpc) is 2.44. The second-order valence-corrected chi connectivity index (χ2v) is 4.57. The predicted molar refractivity (Wildman–Crippen MR) is 71.8 cm³/mol. The maximum absolute atomic E-state index is 12.4. The molecule has 6 heteroatoms. The molecule has 2 rings (SSSR count). The lowest BCUT2D eigenvalue weighted by Crippen LogP contribution is -2.04. The molecular weight excluding hydrogens is 306 g/mol. The molecule has 0 fully saturated rings. The van der Waals surface area contributed by atoms with E-state index in [0.717, 1.165) is 24.3 Å². The fraction of sp³-hybridized carbons (Fsp3) is 0.125. The third-order valence-electron chi connectivity index (χ3n) is 2.94. The molecule has 2 aromatic carbocycles. The zero-order valence-corrected chi connectivity index (χ0v) is 11.0. The van der Waals surface area contributed by atoms with E-state index in [2.05, 4.69) is 0 Å². The summed E-state index contributed by atoms with van der Waals surface area (Å²) in [6, 6.07) is 8.98. The van der Waals surface area contributed by atoms with Gasteiger partial charge >= 0.3 is 12.4 Å². The molecule has 116 valence electrons. The molecule has 0 nitrogen and oxygen atoms in total. The fourth-order valence-corrected chi connectivity index (χ4v) is 1.76. The van der Waals surface area contributed by atoms with E-state index in [4.69, 9.17) is 0 Å². The molecule has 0 unspecified atom stereocenters. The van der Waals surface area contributed by atoms with Gasteiger partial charge in [-0.25, -0.2) is 0 Å². The van der Waals surface area contributed by atoms with E-state index in [1.54, 1.807) is 0 Å². The molecular formula is C16H10F6. The molecule has 0 aliphatic carbocycles. The molecule has 0 aliphatic rings. The fourth-order valence-electron chi connectivity index (χ4n) is 1.76. The number of benzene rings is 2. The molecule has 0 heterocycles. The van der Waals surface area contributed by atoms with Crippen molar-refractivity contribution in [3.8, 4) is 0 Å². The zero-order valence-electron chi connectivity index (χ0n) is 11.0. The van der Waals surface area contributed by atoms with E-state index in [-0.39, 0.29) is 0 Å². The van der Waals surface area contributed by atoms with Crippen LogP contribution in [0.25, 0.3) is 12.2 Å². The molecule has 0 spiro atoms. The van der Waals surface area contributed by atoms with Crippen molar-refractivity contribution in [3.63, 3.8) is 0 Å². The van der Waals surface area contributed by atoms with E-state index in [1.807, 2.05) is 0 Å². The van der Waals surface area contributed by atoms with E-state index < -0.39 is 23.5 Å². The van der Waals surface area contributed by atoms with Crippen molar-refractivity contribution in [2.45, 2.75) is 12.4 Å². The van der Waals surface area contributed by atoms with Crippen LogP contribution in [-0.2, 0) is 12.4 Å². The topological polar surface area (TPSA) is 0 Å². The highest BCUT2D eigenvalue weighted by atomic mass is 19.4. The van der Waals surface area contributed by atoms with Crippen LogP contribution in [0.5, 0.6) is 0 Å². The predicted octanol–water partition coefficient (Wildman–Crippen LogP) is 5.89. The highest BCUT2D eigenvalue weighted by Crippen LogP contribution is 2.30. The Balaban J connectivity index is 2.12. The smallest absolute Gasteiger partial charge is 0.166 e. The van der Waals surface area contributed by atoms with E-state index in [9.17, 15) is 26.3 Å². The maximum Gasteiger partial charge on any atom is 0.416 e. The molecule has 0 atom stereocenters. The van der Waals surface area contributed by atoms with Gasteiger partial charge in [0.05, 0.1) is 11.1 Å². The van der Waals surface area contributed by atoms with Crippen LogP contribution in [0.3, 0.4) is 0 Å². The number of alkyl halides is 6. The molecule has 0 radical (unpaired) electrons. The van der Waals surface area contributed by atoms with Gasteiger partial charge in [-0.15, -0.1) is 0 Å². The van der Waals surface area contributed by atoms with Crippen molar-refractivity contribution >= 4 is 12.2 Å². The van der Waals surface area contributed by atoms with Gasteiger partial charge in [0.2, 0.25) is 0 Å². The highest BCUT2D eigenvalue weighted by Gasteiger charge is 2.30. The summed E-state index contributed by atoms with van der Waals surface area (Å²) in [5, 5.41) is 0. The third-order valence-corrected chi connectivity index (χ3v) is 2.94. The second-order valence-electron chi connectivity index (χ2n) is 4.57. The van der Waals surface area contributed by atoms with Gasteiger partial charge in [0.25, 0.3) is 0 Å². The molecule has 0 aliphatic heterocycles. The van der Waals surface area contributed by atoms with Gasteiger partial charge in [-0.2, -0.15) is 26.3 Å². The lowest BCUT2D eigenvalue weighted by molar-refractivity contribution is -0.138. The molecule has 0 amide bonds. The van der Waals surface area contributed by atoms with Gasteiger partial charge in [0.15, 0.2) is 0 Å². The van der Waals surface area contributed by atoms with Gasteiger partial charge in [-0.1, -0.05) is 36.4 Å². The quantitative estimate of drug-likeness (QED) is 0.478. The Bertz CT molecular complexity index is 586. The molecule has 2 aromatic rings. The van der Waals surface area contributed by atoms with Crippen molar-refractivity contribution in [1.82, 2.24) is 0 Å². The molecule has 0 N–H and O–H groups in total.